The van der Waals surface area contributed by atoms with E-state index in [1.165, 1.54) is 21.4 Å². The Bertz CT molecular complexity index is 899. The van der Waals surface area contributed by atoms with Crippen molar-refractivity contribution >= 4 is 17.5 Å². The summed E-state index contributed by atoms with van der Waals surface area (Å²) >= 11 is 6.07. The number of carbonyl (C=O) groups is 1. The quantitative estimate of drug-likeness (QED) is 0.847. The molecule has 146 valence electrons. The van der Waals surface area contributed by atoms with Gasteiger partial charge in [0.1, 0.15) is 11.6 Å². The number of hydrogen-bond acceptors (Lipinski definition) is 3. The Morgan fingerprint density at radius 2 is 2.19 bits per heavy atom. The second kappa shape index (κ2) is 7.46. The van der Waals surface area contributed by atoms with Crippen LogP contribution >= 0.6 is 11.6 Å². The molecule has 1 aliphatic heterocycles. The van der Waals surface area contributed by atoms with Gasteiger partial charge in [0.05, 0.1) is 12.5 Å². The topological polar surface area (TPSA) is 68.9 Å². The van der Waals surface area contributed by atoms with Crippen molar-refractivity contribution in [2.24, 2.45) is 0 Å². The highest BCUT2D eigenvalue weighted by Gasteiger charge is 2.33. The summed E-state index contributed by atoms with van der Waals surface area (Å²) in [5, 5.41) is 7.64. The van der Waals surface area contributed by atoms with Gasteiger partial charge in [-0.2, -0.15) is 5.10 Å². The Morgan fingerprint density at radius 1 is 1.44 bits per heavy atom. The third kappa shape index (κ3) is 3.93. The first-order valence-electron chi connectivity index (χ1n) is 9.16. The van der Waals surface area contributed by atoms with Crippen LogP contribution in [0.3, 0.4) is 0 Å². The molecule has 1 unspecified atom stereocenters. The van der Waals surface area contributed by atoms with Crippen molar-refractivity contribution in [2.75, 3.05) is 0 Å². The Hall–Kier alpha value is -2.15. The molecule has 0 saturated heterocycles. The highest BCUT2D eigenvalue weighted by molar-refractivity contribution is 6.31. The van der Waals surface area contributed by atoms with E-state index in [1.54, 1.807) is 6.07 Å². The van der Waals surface area contributed by atoms with Gasteiger partial charge < -0.3 is 5.32 Å². The number of nitrogens with zero attached hydrogens (tertiary/aromatic N) is 3. The molecule has 8 heteroatoms. The zero-order valence-electron chi connectivity index (χ0n) is 15.8. The maximum absolute atomic E-state index is 14.1. The molecule has 0 bridgehead atoms. The third-order valence-corrected chi connectivity index (χ3v) is 5.52. The highest BCUT2D eigenvalue weighted by Crippen LogP contribution is 2.26. The van der Waals surface area contributed by atoms with Gasteiger partial charge in [0.25, 0.3) is 0 Å². The van der Waals surface area contributed by atoms with Crippen molar-refractivity contribution in [1.29, 1.82) is 0 Å². The molecule has 6 nitrogen and oxygen atoms in total. The van der Waals surface area contributed by atoms with E-state index in [4.69, 9.17) is 11.6 Å². The van der Waals surface area contributed by atoms with Crippen LogP contribution in [0.1, 0.15) is 57.3 Å². The minimum Gasteiger partial charge on any atom is -0.351 e. The van der Waals surface area contributed by atoms with Crippen molar-refractivity contribution in [1.82, 2.24) is 19.7 Å². The normalized spacial score (nSPS) is 16.9. The van der Waals surface area contributed by atoms with Crippen molar-refractivity contribution in [3.8, 4) is 0 Å². The van der Waals surface area contributed by atoms with Gasteiger partial charge in [-0.25, -0.2) is 13.9 Å². The monoisotopic (exact) mass is 394 g/mol. The van der Waals surface area contributed by atoms with Gasteiger partial charge in [-0.3, -0.25) is 9.36 Å². The zero-order chi connectivity index (χ0) is 19.8. The average Bonchev–Trinajstić information content (AvgIpc) is 2.94. The Morgan fingerprint density at radius 3 is 2.85 bits per heavy atom. The Kier molecular flexibility index (Phi) is 5.42. The number of amides is 1. The van der Waals surface area contributed by atoms with Crippen LogP contribution < -0.4 is 11.0 Å². The first-order chi connectivity index (χ1) is 12.7. The van der Waals surface area contributed by atoms with Crippen LogP contribution in [0.5, 0.6) is 0 Å². The van der Waals surface area contributed by atoms with Crippen molar-refractivity contribution in [3.63, 3.8) is 0 Å². The molecule has 1 aromatic carbocycles. The van der Waals surface area contributed by atoms with Gasteiger partial charge in [-0.05, 0) is 45.2 Å². The lowest BCUT2D eigenvalue weighted by Gasteiger charge is -2.28. The van der Waals surface area contributed by atoms with Crippen LogP contribution in [0.4, 0.5) is 4.39 Å². The van der Waals surface area contributed by atoms with Crippen LogP contribution in [-0.4, -0.2) is 25.8 Å². The van der Waals surface area contributed by atoms with E-state index in [1.807, 2.05) is 20.8 Å². The van der Waals surface area contributed by atoms with Crippen LogP contribution in [-0.2, 0) is 17.9 Å². The number of hydrogen-bond donors (Lipinski definition) is 1. The van der Waals surface area contributed by atoms with Crippen LogP contribution in [0.15, 0.2) is 23.0 Å². The van der Waals surface area contributed by atoms with Gasteiger partial charge in [-0.1, -0.05) is 24.6 Å². The summed E-state index contributed by atoms with van der Waals surface area (Å²) in [7, 11) is 0. The molecule has 1 N–H and O–H groups in total. The van der Waals surface area contributed by atoms with Crippen molar-refractivity contribution in [3.05, 3.63) is 50.9 Å². The largest absolute Gasteiger partial charge is 0.351 e. The smallest absolute Gasteiger partial charge is 0.346 e. The summed E-state index contributed by atoms with van der Waals surface area (Å²) < 4.78 is 16.8. The fourth-order valence-corrected chi connectivity index (χ4v) is 3.42. The maximum Gasteiger partial charge on any atom is 0.346 e. The molecule has 1 aliphatic rings. The number of halogens is 2. The Balaban J connectivity index is 1.93. The summed E-state index contributed by atoms with van der Waals surface area (Å²) in [5.41, 5.74) is -0.468. The standard InChI is InChI=1S/C19H24ClFN4O2/c1-4-19(2,3)22-17(26)12-7-6-10-24-16(12)23-25(18(24)27)11-13-14(20)8-5-9-15(13)21/h5,8-9,12H,4,6-7,10-11H2,1-3H3,(H,22,26). The number of carbonyl (C=O) groups excluding carboxylic acids is 1. The summed E-state index contributed by atoms with van der Waals surface area (Å²) in [6, 6.07) is 4.38. The number of benzene rings is 1. The minimum absolute atomic E-state index is 0.0703. The van der Waals surface area contributed by atoms with E-state index in [-0.39, 0.29) is 34.3 Å². The average molecular weight is 395 g/mol. The molecule has 1 aromatic heterocycles. The van der Waals surface area contributed by atoms with E-state index in [0.717, 1.165) is 6.42 Å². The van der Waals surface area contributed by atoms with Gasteiger partial charge in [0, 0.05) is 22.7 Å². The second-order valence-corrected chi connectivity index (χ2v) is 7.98. The molecule has 3 rings (SSSR count). The predicted molar refractivity (Wildman–Crippen MR) is 101 cm³/mol. The second-order valence-electron chi connectivity index (χ2n) is 7.57. The number of fused-ring (bicyclic) bond motifs is 1. The molecule has 0 fully saturated rings. The first kappa shape index (κ1) is 19.6. The molecular weight excluding hydrogens is 371 g/mol. The summed E-state index contributed by atoms with van der Waals surface area (Å²) in [5.74, 6) is -0.680. The number of aromatic nitrogens is 3. The fraction of sp³-hybridized carbons (Fsp3) is 0.526. The van der Waals surface area contributed by atoms with Crippen LogP contribution in [0, 0.1) is 5.82 Å². The van der Waals surface area contributed by atoms with Crippen LogP contribution in [0.25, 0.3) is 0 Å². The lowest BCUT2D eigenvalue weighted by molar-refractivity contribution is -0.124. The molecule has 0 saturated carbocycles. The zero-order valence-corrected chi connectivity index (χ0v) is 16.5. The van der Waals surface area contributed by atoms with Gasteiger partial charge >= 0.3 is 5.69 Å². The molecule has 2 heterocycles. The molecule has 0 aliphatic carbocycles. The molecule has 1 amide bonds. The number of nitrogens with one attached hydrogen (secondary N) is 1. The van der Waals surface area contributed by atoms with E-state index in [0.29, 0.717) is 25.2 Å². The molecule has 1 atom stereocenters. The van der Waals surface area contributed by atoms with Crippen molar-refractivity contribution in [2.45, 2.75) is 64.6 Å². The third-order valence-electron chi connectivity index (χ3n) is 5.17. The van der Waals surface area contributed by atoms with Gasteiger partial charge in [0.2, 0.25) is 5.91 Å². The minimum atomic E-state index is -0.491. The van der Waals surface area contributed by atoms with Gasteiger partial charge in [0.15, 0.2) is 0 Å². The molecule has 0 radical (unpaired) electrons. The van der Waals surface area contributed by atoms with E-state index >= 15 is 0 Å². The van der Waals surface area contributed by atoms with Crippen LogP contribution in [0.2, 0.25) is 5.02 Å². The summed E-state index contributed by atoms with van der Waals surface area (Å²) in [6.45, 7) is 6.35. The molecule has 2 aromatic rings. The summed E-state index contributed by atoms with van der Waals surface area (Å²) in [6.07, 6.45) is 2.13. The lowest BCUT2D eigenvalue weighted by Crippen LogP contribution is -2.46. The lowest BCUT2D eigenvalue weighted by atomic mass is 9.95. The summed E-state index contributed by atoms with van der Waals surface area (Å²) in [4.78, 5) is 25.5. The van der Waals surface area contributed by atoms with E-state index in [9.17, 15) is 14.0 Å². The molecular formula is C19H24ClFN4O2. The Labute approximate surface area is 162 Å². The molecule has 0 spiro atoms. The number of rotatable bonds is 5. The van der Waals surface area contributed by atoms with Gasteiger partial charge in [-0.15, -0.1) is 0 Å². The van der Waals surface area contributed by atoms with E-state index in [2.05, 4.69) is 10.4 Å². The predicted octanol–water partition coefficient (Wildman–Crippen LogP) is 3.07. The molecule has 27 heavy (non-hydrogen) atoms. The first-order valence-corrected chi connectivity index (χ1v) is 9.53. The fourth-order valence-electron chi connectivity index (χ4n) is 3.20. The SMILES string of the molecule is CCC(C)(C)NC(=O)C1CCCn2c1nn(Cc1c(F)cccc1Cl)c2=O. The van der Waals surface area contributed by atoms with E-state index < -0.39 is 11.7 Å². The highest BCUT2D eigenvalue weighted by atomic mass is 35.5. The maximum atomic E-state index is 14.1. The van der Waals surface area contributed by atoms with Crippen molar-refractivity contribution < 1.29 is 9.18 Å².